The lowest BCUT2D eigenvalue weighted by atomic mass is 9.87. The van der Waals surface area contributed by atoms with Crippen molar-refractivity contribution in [2.24, 2.45) is 0 Å². The molecule has 1 saturated heterocycles. The molecule has 0 spiro atoms. The highest BCUT2D eigenvalue weighted by Crippen LogP contribution is 2.26. The molecule has 0 radical (unpaired) electrons. The number of piperazine rings is 1. The first kappa shape index (κ1) is 12.1. The van der Waals surface area contributed by atoms with Gasteiger partial charge >= 0.3 is 0 Å². The van der Waals surface area contributed by atoms with Gasteiger partial charge in [-0.05, 0) is 23.1 Å². The van der Waals surface area contributed by atoms with Gasteiger partial charge in [0.15, 0.2) is 0 Å². The summed E-state index contributed by atoms with van der Waals surface area (Å²) < 4.78 is 0. The van der Waals surface area contributed by atoms with E-state index in [4.69, 9.17) is 0 Å². The average molecular weight is 232 g/mol. The highest BCUT2D eigenvalue weighted by molar-refractivity contribution is 5.95. The van der Waals surface area contributed by atoms with E-state index in [2.05, 4.69) is 38.2 Å². The van der Waals surface area contributed by atoms with E-state index in [1.54, 1.807) is 0 Å². The fraction of sp³-hybridized carbons (Fsp3) is 0.500. The lowest BCUT2D eigenvalue weighted by molar-refractivity contribution is -0.118. The van der Waals surface area contributed by atoms with Crippen LogP contribution in [0.5, 0.6) is 0 Å². The van der Waals surface area contributed by atoms with Crippen LogP contribution < -0.4 is 10.2 Å². The third-order valence-electron chi connectivity index (χ3n) is 3.11. The largest absolute Gasteiger partial charge is 0.310 e. The van der Waals surface area contributed by atoms with Crippen LogP contribution in [-0.4, -0.2) is 25.5 Å². The average Bonchev–Trinajstić information content (AvgIpc) is 2.29. The summed E-state index contributed by atoms with van der Waals surface area (Å²) in [5, 5.41) is 3.09. The zero-order valence-corrected chi connectivity index (χ0v) is 10.8. The quantitative estimate of drug-likeness (QED) is 0.802. The summed E-state index contributed by atoms with van der Waals surface area (Å²) in [6.45, 7) is 8.63. The van der Waals surface area contributed by atoms with Crippen molar-refractivity contribution in [3.63, 3.8) is 0 Å². The van der Waals surface area contributed by atoms with Crippen LogP contribution in [0.25, 0.3) is 0 Å². The Hall–Kier alpha value is -1.35. The zero-order chi connectivity index (χ0) is 12.5. The summed E-state index contributed by atoms with van der Waals surface area (Å²) in [5.41, 5.74) is 2.40. The number of anilines is 1. The first-order chi connectivity index (χ1) is 7.98. The predicted molar refractivity (Wildman–Crippen MR) is 70.4 cm³/mol. The van der Waals surface area contributed by atoms with Gasteiger partial charge in [0.25, 0.3) is 0 Å². The van der Waals surface area contributed by atoms with Crippen molar-refractivity contribution >= 4 is 11.6 Å². The van der Waals surface area contributed by atoms with Crippen LogP contribution in [0.2, 0.25) is 0 Å². The summed E-state index contributed by atoms with van der Waals surface area (Å²) in [6.07, 6.45) is 0. The lowest BCUT2D eigenvalue weighted by Crippen LogP contribution is -2.48. The highest BCUT2D eigenvalue weighted by atomic mass is 16.2. The molecule has 0 saturated carbocycles. The van der Waals surface area contributed by atoms with E-state index in [1.165, 1.54) is 5.56 Å². The molecule has 1 N–H and O–H groups in total. The molecule has 0 atom stereocenters. The van der Waals surface area contributed by atoms with Crippen molar-refractivity contribution in [2.45, 2.75) is 26.2 Å². The molecule has 92 valence electrons. The van der Waals surface area contributed by atoms with Gasteiger partial charge in [0.1, 0.15) is 0 Å². The smallest absolute Gasteiger partial charge is 0.240 e. The van der Waals surface area contributed by atoms with Gasteiger partial charge in [-0.1, -0.05) is 32.9 Å². The Morgan fingerprint density at radius 2 is 2.06 bits per heavy atom. The summed E-state index contributed by atoms with van der Waals surface area (Å²) in [7, 11) is 0. The second-order valence-corrected chi connectivity index (χ2v) is 5.52. The standard InChI is InChI=1S/C14H20N2O/c1-14(2,3)11-5-4-6-12(9-11)16-8-7-15-10-13(16)17/h4-6,9,15H,7-8,10H2,1-3H3. The monoisotopic (exact) mass is 232 g/mol. The minimum absolute atomic E-state index is 0.118. The molecule has 1 fully saturated rings. The Balaban J connectivity index is 2.29. The van der Waals surface area contributed by atoms with Gasteiger partial charge in [-0.2, -0.15) is 0 Å². The molecule has 1 aliphatic heterocycles. The second kappa shape index (κ2) is 4.49. The second-order valence-electron chi connectivity index (χ2n) is 5.52. The zero-order valence-electron chi connectivity index (χ0n) is 10.8. The van der Waals surface area contributed by atoms with Gasteiger partial charge in [0.2, 0.25) is 5.91 Å². The molecule has 1 aromatic carbocycles. The van der Waals surface area contributed by atoms with Gasteiger partial charge in [-0.3, -0.25) is 4.79 Å². The van der Waals surface area contributed by atoms with Gasteiger partial charge < -0.3 is 10.2 Å². The first-order valence-electron chi connectivity index (χ1n) is 6.10. The summed E-state index contributed by atoms with van der Waals surface area (Å²) in [6, 6.07) is 8.29. The maximum atomic E-state index is 11.8. The van der Waals surface area contributed by atoms with Crippen LogP contribution in [0, 0.1) is 0 Å². The Bertz CT molecular complexity index is 420. The number of benzene rings is 1. The van der Waals surface area contributed by atoms with Crippen molar-refractivity contribution in [1.82, 2.24) is 5.32 Å². The summed E-state index contributed by atoms with van der Waals surface area (Å²) >= 11 is 0. The molecule has 1 aromatic rings. The normalized spacial score (nSPS) is 17.4. The summed E-state index contributed by atoms with van der Waals surface area (Å²) in [5.74, 6) is 0.155. The number of nitrogens with zero attached hydrogens (tertiary/aromatic N) is 1. The minimum atomic E-state index is 0.118. The van der Waals surface area contributed by atoms with Crippen molar-refractivity contribution < 1.29 is 4.79 Å². The SMILES string of the molecule is CC(C)(C)c1cccc(N2CCNCC2=O)c1. The number of nitrogens with one attached hydrogen (secondary N) is 1. The van der Waals surface area contributed by atoms with Crippen molar-refractivity contribution in [3.05, 3.63) is 29.8 Å². The lowest BCUT2D eigenvalue weighted by Gasteiger charge is -2.29. The topological polar surface area (TPSA) is 32.3 Å². The van der Waals surface area contributed by atoms with Crippen molar-refractivity contribution in [3.8, 4) is 0 Å². The van der Waals surface area contributed by atoms with Crippen molar-refractivity contribution in [1.29, 1.82) is 0 Å². The highest BCUT2D eigenvalue weighted by Gasteiger charge is 2.21. The molecule has 3 heteroatoms. The molecule has 3 nitrogen and oxygen atoms in total. The molecular weight excluding hydrogens is 212 g/mol. The Morgan fingerprint density at radius 1 is 1.29 bits per heavy atom. The molecule has 1 heterocycles. The fourth-order valence-corrected chi connectivity index (χ4v) is 2.02. The van der Waals surface area contributed by atoms with Crippen LogP contribution in [0.3, 0.4) is 0 Å². The third-order valence-corrected chi connectivity index (χ3v) is 3.11. The maximum absolute atomic E-state index is 11.8. The van der Waals surface area contributed by atoms with Crippen LogP contribution in [0.1, 0.15) is 26.3 Å². The maximum Gasteiger partial charge on any atom is 0.240 e. The number of carbonyl (C=O) groups excluding carboxylic acids is 1. The van der Waals surface area contributed by atoms with Crippen LogP contribution >= 0.6 is 0 Å². The van der Waals surface area contributed by atoms with Gasteiger partial charge in [-0.25, -0.2) is 0 Å². The van der Waals surface area contributed by atoms with E-state index >= 15 is 0 Å². The number of hydrogen-bond donors (Lipinski definition) is 1. The van der Waals surface area contributed by atoms with Crippen LogP contribution in [0.15, 0.2) is 24.3 Å². The fourth-order valence-electron chi connectivity index (χ4n) is 2.02. The van der Waals surface area contributed by atoms with E-state index in [0.29, 0.717) is 6.54 Å². The molecule has 0 unspecified atom stereocenters. The molecule has 1 aliphatic rings. The molecule has 0 bridgehead atoms. The number of rotatable bonds is 1. The van der Waals surface area contributed by atoms with Gasteiger partial charge in [0, 0.05) is 18.8 Å². The number of hydrogen-bond acceptors (Lipinski definition) is 2. The van der Waals surface area contributed by atoms with E-state index in [-0.39, 0.29) is 11.3 Å². The Morgan fingerprint density at radius 3 is 2.71 bits per heavy atom. The van der Waals surface area contributed by atoms with Gasteiger partial charge in [-0.15, -0.1) is 0 Å². The van der Waals surface area contributed by atoms with Crippen molar-refractivity contribution in [2.75, 3.05) is 24.5 Å². The molecule has 0 aliphatic carbocycles. The molecule has 0 aromatic heterocycles. The first-order valence-corrected chi connectivity index (χ1v) is 6.10. The van der Waals surface area contributed by atoms with Crippen LogP contribution in [-0.2, 0) is 10.2 Å². The van der Waals surface area contributed by atoms with Gasteiger partial charge in [0.05, 0.1) is 6.54 Å². The molecule has 17 heavy (non-hydrogen) atoms. The van der Waals surface area contributed by atoms with E-state index < -0.39 is 0 Å². The minimum Gasteiger partial charge on any atom is -0.310 e. The Kier molecular flexibility index (Phi) is 3.20. The third kappa shape index (κ3) is 2.67. The van der Waals surface area contributed by atoms with E-state index in [9.17, 15) is 4.79 Å². The van der Waals surface area contributed by atoms with E-state index in [1.807, 2.05) is 17.0 Å². The predicted octanol–water partition coefficient (Wildman–Crippen LogP) is 1.92. The van der Waals surface area contributed by atoms with E-state index in [0.717, 1.165) is 18.8 Å². The molecule has 1 amide bonds. The number of carbonyl (C=O) groups is 1. The Labute approximate surface area is 103 Å². The molecular formula is C14H20N2O. The summed E-state index contributed by atoms with van der Waals surface area (Å²) in [4.78, 5) is 13.7. The molecule has 2 rings (SSSR count). The van der Waals surface area contributed by atoms with Crippen LogP contribution in [0.4, 0.5) is 5.69 Å². The number of amides is 1.